The molecule has 0 unspecified atom stereocenters. The van der Waals surface area contributed by atoms with Crippen LogP contribution < -0.4 is 10.6 Å². The smallest absolute Gasteiger partial charge is 0.379 e. The highest BCUT2D eigenvalue weighted by Crippen LogP contribution is 2.32. The standard InChI is InChI=1S/C20H17FN2O3S/c1-11-6-8-12(9-7-11)16-15(18(24)19(25)26-2)17(23-20(27)22-16)13-4-3-5-14(21)10-13/h3-10,17H,1-2H3,(H2,22,23,27)/t17-/m1/s1. The van der Waals surface area contributed by atoms with Gasteiger partial charge in [-0.1, -0.05) is 42.0 Å². The summed E-state index contributed by atoms with van der Waals surface area (Å²) >= 11 is 5.27. The number of carbonyl (C=O) groups excluding carboxylic acids is 2. The van der Waals surface area contributed by atoms with Gasteiger partial charge in [0.1, 0.15) is 5.82 Å². The molecule has 1 atom stereocenters. The summed E-state index contributed by atoms with van der Waals surface area (Å²) in [7, 11) is 1.14. The molecule has 0 saturated heterocycles. The third-order valence-electron chi connectivity index (χ3n) is 4.21. The molecule has 0 spiro atoms. The number of hydrogen-bond acceptors (Lipinski definition) is 4. The fraction of sp³-hybridized carbons (Fsp3) is 0.150. The fourth-order valence-electron chi connectivity index (χ4n) is 2.90. The van der Waals surface area contributed by atoms with E-state index in [1.165, 1.54) is 18.2 Å². The number of carbonyl (C=O) groups is 2. The highest BCUT2D eigenvalue weighted by molar-refractivity contribution is 7.80. The maximum Gasteiger partial charge on any atom is 0.379 e. The van der Waals surface area contributed by atoms with E-state index in [1.54, 1.807) is 6.07 Å². The van der Waals surface area contributed by atoms with Gasteiger partial charge in [-0.2, -0.15) is 0 Å². The number of halogens is 1. The quantitative estimate of drug-likeness (QED) is 0.480. The maximum atomic E-state index is 13.8. The third-order valence-corrected chi connectivity index (χ3v) is 4.43. The van der Waals surface area contributed by atoms with Crippen LogP contribution in [-0.4, -0.2) is 24.0 Å². The van der Waals surface area contributed by atoms with Gasteiger partial charge in [0.15, 0.2) is 5.11 Å². The van der Waals surface area contributed by atoms with Crippen molar-refractivity contribution < 1.29 is 18.7 Å². The minimum atomic E-state index is -1.01. The predicted molar refractivity (Wildman–Crippen MR) is 103 cm³/mol. The molecule has 0 aliphatic carbocycles. The van der Waals surface area contributed by atoms with Crippen molar-refractivity contribution in [3.63, 3.8) is 0 Å². The summed E-state index contributed by atoms with van der Waals surface area (Å²) in [6, 6.07) is 12.4. The molecule has 3 rings (SSSR count). The van der Waals surface area contributed by atoms with E-state index < -0.39 is 23.6 Å². The summed E-state index contributed by atoms with van der Waals surface area (Å²) in [5, 5.41) is 6.17. The number of hydrogen-bond donors (Lipinski definition) is 2. The van der Waals surface area contributed by atoms with Crippen molar-refractivity contribution >= 4 is 34.8 Å². The number of ketones is 1. The van der Waals surface area contributed by atoms with E-state index in [1.807, 2.05) is 31.2 Å². The van der Waals surface area contributed by atoms with E-state index in [0.29, 0.717) is 16.8 Å². The minimum Gasteiger partial charge on any atom is -0.463 e. The van der Waals surface area contributed by atoms with E-state index >= 15 is 0 Å². The van der Waals surface area contributed by atoms with Gasteiger partial charge in [-0.25, -0.2) is 9.18 Å². The number of benzene rings is 2. The van der Waals surface area contributed by atoms with Crippen LogP contribution in [0, 0.1) is 12.7 Å². The molecule has 2 N–H and O–H groups in total. The van der Waals surface area contributed by atoms with E-state index in [-0.39, 0.29) is 10.7 Å². The van der Waals surface area contributed by atoms with Gasteiger partial charge in [0.2, 0.25) is 0 Å². The molecule has 0 fully saturated rings. The van der Waals surface area contributed by atoms with E-state index in [4.69, 9.17) is 12.2 Å². The van der Waals surface area contributed by atoms with Crippen molar-refractivity contribution in [2.45, 2.75) is 13.0 Å². The van der Waals surface area contributed by atoms with Gasteiger partial charge in [-0.05, 0) is 42.4 Å². The second-order valence-electron chi connectivity index (χ2n) is 6.06. The Hall–Kier alpha value is -3.06. The first-order valence-electron chi connectivity index (χ1n) is 8.17. The molecule has 7 heteroatoms. The Morgan fingerprint density at radius 1 is 1.15 bits per heavy atom. The van der Waals surface area contributed by atoms with Crippen LogP contribution in [-0.2, 0) is 14.3 Å². The summed E-state index contributed by atoms with van der Waals surface area (Å²) < 4.78 is 18.4. The maximum absolute atomic E-state index is 13.8. The average molecular weight is 384 g/mol. The van der Waals surface area contributed by atoms with Crippen molar-refractivity contribution in [1.29, 1.82) is 0 Å². The van der Waals surface area contributed by atoms with Crippen LogP contribution in [0.4, 0.5) is 4.39 Å². The number of ether oxygens (including phenoxy) is 1. The number of aryl methyl sites for hydroxylation is 1. The molecule has 0 amide bonds. The number of nitrogens with one attached hydrogen (secondary N) is 2. The van der Waals surface area contributed by atoms with Crippen molar-refractivity contribution in [2.75, 3.05) is 7.11 Å². The molecule has 1 heterocycles. The van der Waals surface area contributed by atoms with Crippen LogP contribution in [0.3, 0.4) is 0 Å². The lowest BCUT2D eigenvalue weighted by atomic mass is 9.90. The van der Waals surface area contributed by atoms with Crippen LogP contribution >= 0.6 is 12.2 Å². The minimum absolute atomic E-state index is 0.116. The fourth-order valence-corrected chi connectivity index (χ4v) is 3.12. The number of Topliss-reactive ketones (excluding diaryl/α,β-unsaturated/α-hetero) is 1. The molecular formula is C20H17FN2O3S. The Bertz CT molecular complexity index is 954. The topological polar surface area (TPSA) is 67.4 Å². The van der Waals surface area contributed by atoms with E-state index in [2.05, 4.69) is 15.4 Å². The summed E-state index contributed by atoms with van der Waals surface area (Å²) in [5.41, 5.74) is 2.69. The van der Waals surface area contributed by atoms with Gasteiger partial charge in [-0.15, -0.1) is 0 Å². The zero-order valence-corrected chi connectivity index (χ0v) is 15.5. The van der Waals surface area contributed by atoms with Gasteiger partial charge in [-0.3, -0.25) is 4.79 Å². The van der Waals surface area contributed by atoms with E-state index in [0.717, 1.165) is 12.7 Å². The third kappa shape index (κ3) is 3.88. The Balaban J connectivity index is 2.23. The molecule has 2 aromatic rings. The second kappa shape index (κ2) is 7.67. The summed E-state index contributed by atoms with van der Waals surface area (Å²) in [6.07, 6.45) is 0. The van der Waals surface area contributed by atoms with Crippen molar-refractivity contribution in [2.24, 2.45) is 0 Å². The molecule has 0 saturated carbocycles. The second-order valence-corrected chi connectivity index (χ2v) is 6.47. The number of rotatable bonds is 4. The molecule has 0 aromatic heterocycles. The molecule has 0 radical (unpaired) electrons. The Kier molecular flexibility index (Phi) is 5.32. The Morgan fingerprint density at radius 3 is 2.48 bits per heavy atom. The first-order chi connectivity index (χ1) is 12.9. The molecule has 1 aliphatic heterocycles. The zero-order chi connectivity index (χ0) is 19.6. The normalized spacial score (nSPS) is 16.4. The summed E-state index contributed by atoms with van der Waals surface area (Å²) in [4.78, 5) is 24.8. The molecule has 27 heavy (non-hydrogen) atoms. The lowest BCUT2D eigenvalue weighted by molar-refractivity contribution is -0.150. The van der Waals surface area contributed by atoms with Gasteiger partial charge < -0.3 is 15.4 Å². The van der Waals surface area contributed by atoms with Crippen LogP contribution in [0.1, 0.15) is 22.7 Å². The van der Waals surface area contributed by atoms with Crippen molar-refractivity contribution in [1.82, 2.24) is 10.6 Å². The Morgan fingerprint density at radius 2 is 1.85 bits per heavy atom. The van der Waals surface area contributed by atoms with Crippen molar-refractivity contribution in [3.05, 3.63) is 76.6 Å². The van der Waals surface area contributed by atoms with Gasteiger partial charge in [0, 0.05) is 0 Å². The number of thiocarbonyl (C=S) groups is 1. The first-order valence-corrected chi connectivity index (χ1v) is 8.58. The lowest BCUT2D eigenvalue weighted by Gasteiger charge is -2.31. The van der Waals surface area contributed by atoms with Crippen molar-refractivity contribution in [3.8, 4) is 0 Å². The molecule has 2 aromatic carbocycles. The average Bonchev–Trinajstić information content (AvgIpc) is 2.66. The Labute approximate surface area is 161 Å². The van der Waals surface area contributed by atoms with Crippen LogP contribution in [0.5, 0.6) is 0 Å². The molecule has 138 valence electrons. The van der Waals surface area contributed by atoms with Crippen LogP contribution in [0.15, 0.2) is 54.1 Å². The van der Waals surface area contributed by atoms with Gasteiger partial charge in [0.05, 0.1) is 24.4 Å². The molecule has 0 bridgehead atoms. The van der Waals surface area contributed by atoms with Gasteiger partial charge >= 0.3 is 5.97 Å². The molecule has 5 nitrogen and oxygen atoms in total. The number of esters is 1. The highest BCUT2D eigenvalue weighted by atomic mass is 32.1. The summed E-state index contributed by atoms with van der Waals surface area (Å²) in [6.45, 7) is 1.94. The highest BCUT2D eigenvalue weighted by Gasteiger charge is 2.35. The van der Waals surface area contributed by atoms with Crippen LogP contribution in [0.25, 0.3) is 5.70 Å². The largest absolute Gasteiger partial charge is 0.463 e. The SMILES string of the molecule is COC(=O)C(=O)C1=C(c2ccc(C)cc2)NC(=S)N[C@@H]1c1cccc(F)c1. The molecule has 1 aliphatic rings. The van der Waals surface area contributed by atoms with E-state index in [9.17, 15) is 14.0 Å². The summed E-state index contributed by atoms with van der Waals surface area (Å²) in [5.74, 6) is -2.29. The molecular weight excluding hydrogens is 367 g/mol. The van der Waals surface area contributed by atoms with Crippen LogP contribution in [0.2, 0.25) is 0 Å². The number of methoxy groups -OCH3 is 1. The van der Waals surface area contributed by atoms with Gasteiger partial charge in [0.25, 0.3) is 5.78 Å². The first kappa shape index (κ1) is 18.7. The zero-order valence-electron chi connectivity index (χ0n) is 14.7. The predicted octanol–water partition coefficient (Wildman–Crippen LogP) is 2.81. The lowest BCUT2D eigenvalue weighted by Crippen LogP contribution is -2.46. The monoisotopic (exact) mass is 384 g/mol.